The number of ether oxygens (including phenoxy) is 4. The molecule has 0 aliphatic rings. The van der Waals surface area contributed by atoms with Gasteiger partial charge in [0, 0.05) is 38.9 Å². The van der Waals surface area contributed by atoms with Gasteiger partial charge in [-0.05, 0) is 0 Å². The lowest BCUT2D eigenvalue weighted by molar-refractivity contribution is 0.199. The molecule has 10 heteroatoms. The second kappa shape index (κ2) is 11.3. The second-order valence-electron chi connectivity index (χ2n) is 4.50. The van der Waals surface area contributed by atoms with E-state index in [4.69, 9.17) is 18.9 Å². The smallest absolute Gasteiger partial charge is 0.248 e. The molecule has 1 rings (SSSR count). The zero-order chi connectivity index (χ0) is 17.3. The fourth-order valence-corrected chi connectivity index (χ4v) is 3.21. The predicted molar refractivity (Wildman–Crippen MR) is 93.3 cm³/mol. The lowest BCUT2D eigenvalue weighted by Crippen LogP contribution is -2.33. The van der Waals surface area contributed by atoms with Crippen LogP contribution in [0.2, 0.25) is 0 Å². The Bertz CT molecular complexity index is 572. The van der Waals surface area contributed by atoms with Gasteiger partial charge in [0.25, 0.3) is 0 Å². The van der Waals surface area contributed by atoms with Crippen LogP contribution in [-0.2, 0) is 14.8 Å². The Morgan fingerprint density at radius 2 is 1.50 bits per heavy atom. The van der Waals surface area contributed by atoms with Crippen molar-refractivity contribution in [2.24, 2.45) is 0 Å². The molecule has 0 radical (unpaired) electrons. The third kappa shape index (κ3) is 6.33. The third-order valence-corrected chi connectivity index (χ3v) is 4.54. The summed E-state index contributed by atoms with van der Waals surface area (Å²) in [5.74, 6) is 0.751. The van der Waals surface area contributed by atoms with Gasteiger partial charge in [0.15, 0.2) is 4.90 Å². The van der Waals surface area contributed by atoms with Crippen molar-refractivity contribution in [3.05, 3.63) is 12.1 Å². The monoisotopic (exact) mass is 384 g/mol. The highest BCUT2D eigenvalue weighted by atomic mass is 35.5. The lowest BCUT2D eigenvalue weighted by Gasteiger charge is -2.15. The van der Waals surface area contributed by atoms with Gasteiger partial charge in [-0.1, -0.05) is 0 Å². The Morgan fingerprint density at radius 1 is 0.917 bits per heavy atom. The van der Waals surface area contributed by atoms with E-state index in [-0.39, 0.29) is 35.3 Å². The Kier molecular flexibility index (Phi) is 10.7. The fraction of sp³-hybridized carbons (Fsp3) is 0.571. The summed E-state index contributed by atoms with van der Waals surface area (Å²) in [6, 6.07) is 2.99. The van der Waals surface area contributed by atoms with Crippen LogP contribution in [-0.4, -0.2) is 63.1 Å². The van der Waals surface area contributed by atoms with Gasteiger partial charge in [0.05, 0.1) is 27.9 Å². The number of halogens is 1. The lowest BCUT2D eigenvalue weighted by atomic mass is 10.3. The van der Waals surface area contributed by atoms with Crippen molar-refractivity contribution in [2.75, 3.05) is 54.7 Å². The zero-order valence-corrected chi connectivity index (χ0v) is 15.9. The minimum Gasteiger partial charge on any atom is -0.496 e. The molecule has 0 fully saturated rings. The van der Waals surface area contributed by atoms with E-state index in [2.05, 4.69) is 10.0 Å². The van der Waals surface area contributed by atoms with Gasteiger partial charge in [-0.15, -0.1) is 12.4 Å². The van der Waals surface area contributed by atoms with Crippen molar-refractivity contribution >= 4 is 22.4 Å². The van der Waals surface area contributed by atoms with Crippen molar-refractivity contribution in [3.63, 3.8) is 0 Å². The topological polar surface area (TPSA) is 95.1 Å². The van der Waals surface area contributed by atoms with E-state index in [1.165, 1.54) is 33.5 Å². The first-order chi connectivity index (χ1) is 11.0. The van der Waals surface area contributed by atoms with Crippen LogP contribution in [0.1, 0.15) is 0 Å². The van der Waals surface area contributed by atoms with E-state index in [1.54, 1.807) is 7.11 Å². The highest BCUT2D eigenvalue weighted by Crippen LogP contribution is 2.37. The zero-order valence-electron chi connectivity index (χ0n) is 14.2. The molecule has 24 heavy (non-hydrogen) atoms. The van der Waals surface area contributed by atoms with Gasteiger partial charge in [0.1, 0.15) is 17.2 Å². The van der Waals surface area contributed by atoms with E-state index in [1.807, 2.05) is 0 Å². The average molecular weight is 385 g/mol. The highest BCUT2D eigenvalue weighted by Gasteiger charge is 2.25. The largest absolute Gasteiger partial charge is 0.496 e. The summed E-state index contributed by atoms with van der Waals surface area (Å²) in [6.07, 6.45) is 0. The minimum atomic E-state index is -3.79. The highest BCUT2D eigenvalue weighted by molar-refractivity contribution is 7.89. The van der Waals surface area contributed by atoms with Gasteiger partial charge in [-0.3, -0.25) is 0 Å². The maximum Gasteiger partial charge on any atom is 0.248 e. The first-order valence-electron chi connectivity index (χ1n) is 6.99. The average Bonchev–Trinajstić information content (AvgIpc) is 2.56. The molecule has 0 bridgehead atoms. The minimum absolute atomic E-state index is 0. The number of benzene rings is 1. The Hall–Kier alpha value is -1.26. The quantitative estimate of drug-likeness (QED) is 0.541. The van der Waals surface area contributed by atoms with E-state index in [0.717, 1.165) is 0 Å². The number of sulfonamides is 1. The molecule has 140 valence electrons. The Morgan fingerprint density at radius 3 is 1.96 bits per heavy atom. The number of nitrogens with one attached hydrogen (secondary N) is 2. The van der Waals surface area contributed by atoms with E-state index in [0.29, 0.717) is 25.4 Å². The van der Waals surface area contributed by atoms with E-state index in [9.17, 15) is 8.42 Å². The van der Waals surface area contributed by atoms with Gasteiger partial charge >= 0.3 is 0 Å². The number of hydrogen-bond acceptors (Lipinski definition) is 7. The van der Waals surface area contributed by atoms with Crippen LogP contribution in [0.4, 0.5) is 0 Å². The summed E-state index contributed by atoms with van der Waals surface area (Å²) in [5, 5.41) is 3.05. The predicted octanol–water partition coefficient (Wildman–Crippen LogP) is 0.648. The van der Waals surface area contributed by atoms with E-state index >= 15 is 0 Å². The van der Waals surface area contributed by atoms with Crippen molar-refractivity contribution < 1.29 is 27.4 Å². The third-order valence-electron chi connectivity index (χ3n) is 3.02. The first kappa shape index (κ1) is 22.7. The molecule has 0 spiro atoms. The molecular formula is C14H25ClN2O6S. The first-order valence-corrected chi connectivity index (χ1v) is 8.47. The van der Waals surface area contributed by atoms with Crippen LogP contribution in [0.15, 0.2) is 17.0 Å². The van der Waals surface area contributed by atoms with Crippen LogP contribution < -0.4 is 24.2 Å². The molecule has 0 heterocycles. The molecule has 1 aromatic rings. The SMILES string of the molecule is COCCNCCNS(=O)(=O)c1c(OC)cc(OC)cc1OC.Cl. The molecule has 0 aliphatic heterocycles. The molecule has 2 N–H and O–H groups in total. The number of hydrogen-bond donors (Lipinski definition) is 2. The Balaban J connectivity index is 0.00000529. The molecule has 0 saturated heterocycles. The summed E-state index contributed by atoms with van der Waals surface area (Å²) in [7, 11) is 2.07. The van der Waals surface area contributed by atoms with Crippen LogP contribution in [0.5, 0.6) is 17.2 Å². The van der Waals surface area contributed by atoms with Crippen LogP contribution in [0, 0.1) is 0 Å². The van der Waals surface area contributed by atoms with Gasteiger partial charge in [-0.25, -0.2) is 13.1 Å². The molecule has 8 nitrogen and oxygen atoms in total. The molecular weight excluding hydrogens is 360 g/mol. The molecule has 0 aromatic heterocycles. The molecule has 0 saturated carbocycles. The number of rotatable bonds is 11. The van der Waals surface area contributed by atoms with Crippen molar-refractivity contribution in [1.29, 1.82) is 0 Å². The summed E-state index contributed by atoms with van der Waals surface area (Å²) in [5.41, 5.74) is 0. The van der Waals surface area contributed by atoms with Crippen molar-refractivity contribution in [1.82, 2.24) is 10.0 Å². The molecule has 0 unspecified atom stereocenters. The fourth-order valence-electron chi connectivity index (χ4n) is 1.88. The maximum atomic E-state index is 12.5. The standard InChI is InChI=1S/C14H24N2O6S.ClH/c1-19-8-7-15-5-6-16-23(17,18)14-12(21-3)9-11(20-2)10-13(14)22-4;/h9-10,15-16H,5-8H2,1-4H3;1H. The normalized spacial score (nSPS) is 10.8. The summed E-state index contributed by atoms with van der Waals surface area (Å²) in [6.45, 7) is 1.91. The maximum absolute atomic E-state index is 12.5. The molecule has 1 aromatic carbocycles. The Labute approximate surface area is 149 Å². The number of methoxy groups -OCH3 is 4. The molecule has 0 atom stereocenters. The molecule has 0 amide bonds. The van der Waals surface area contributed by atoms with Crippen molar-refractivity contribution in [2.45, 2.75) is 4.90 Å². The van der Waals surface area contributed by atoms with Gasteiger partial charge in [-0.2, -0.15) is 0 Å². The van der Waals surface area contributed by atoms with Gasteiger partial charge < -0.3 is 24.3 Å². The van der Waals surface area contributed by atoms with E-state index < -0.39 is 10.0 Å². The van der Waals surface area contributed by atoms with Crippen LogP contribution in [0.25, 0.3) is 0 Å². The summed E-state index contributed by atoms with van der Waals surface area (Å²) < 4.78 is 47.9. The van der Waals surface area contributed by atoms with Crippen LogP contribution >= 0.6 is 12.4 Å². The summed E-state index contributed by atoms with van der Waals surface area (Å²) >= 11 is 0. The van der Waals surface area contributed by atoms with Gasteiger partial charge in [0.2, 0.25) is 10.0 Å². The van der Waals surface area contributed by atoms with Crippen LogP contribution in [0.3, 0.4) is 0 Å². The summed E-state index contributed by atoms with van der Waals surface area (Å²) in [4.78, 5) is -0.0554. The molecule has 0 aliphatic carbocycles. The second-order valence-corrected chi connectivity index (χ2v) is 6.21. The van der Waals surface area contributed by atoms with Crippen molar-refractivity contribution in [3.8, 4) is 17.2 Å².